The molecule has 0 rings (SSSR count). The average molecular weight is 336 g/mol. The molecule has 114 valence electrons. The third kappa shape index (κ3) is 8.64. The number of aliphatic hydroxyl groups is 1. The normalized spacial score (nSPS) is 12.7. The van der Waals surface area contributed by atoms with Crippen LogP contribution in [0.4, 0.5) is 0 Å². The van der Waals surface area contributed by atoms with Crippen LogP contribution in [0.5, 0.6) is 0 Å². The Labute approximate surface area is 126 Å². The van der Waals surface area contributed by atoms with Crippen LogP contribution in [0.25, 0.3) is 0 Å². The molecule has 0 fully saturated rings. The molecule has 0 saturated carbocycles. The maximum atomic E-state index is 12.3. The first-order valence-corrected chi connectivity index (χ1v) is 8.49. The summed E-state index contributed by atoms with van der Waals surface area (Å²) in [6.45, 7) is 7.92. The van der Waals surface area contributed by atoms with Crippen molar-refractivity contribution in [1.82, 2.24) is 4.90 Å². The number of hydrogen-bond donors (Lipinski definition) is 1. The van der Waals surface area contributed by atoms with E-state index in [1.54, 1.807) is 0 Å². The Balaban J connectivity index is 4.17. The molecule has 0 aromatic rings. The van der Waals surface area contributed by atoms with Gasteiger partial charge in [-0.1, -0.05) is 62.4 Å². The number of rotatable bonds is 11. The summed E-state index contributed by atoms with van der Waals surface area (Å²) in [4.78, 5) is 14.1. The second-order valence-electron chi connectivity index (χ2n) is 5.46. The summed E-state index contributed by atoms with van der Waals surface area (Å²) in [5, 5.41) is 8.94. The summed E-state index contributed by atoms with van der Waals surface area (Å²) in [5.41, 5.74) is 0. The lowest BCUT2D eigenvalue weighted by Crippen LogP contribution is -2.40. The van der Waals surface area contributed by atoms with Crippen LogP contribution in [-0.2, 0) is 4.79 Å². The predicted molar refractivity (Wildman–Crippen MR) is 84.6 cm³/mol. The third-order valence-corrected chi connectivity index (χ3v) is 4.70. The molecular weight excluding hydrogens is 306 g/mol. The summed E-state index contributed by atoms with van der Waals surface area (Å²) < 4.78 is 0. The van der Waals surface area contributed by atoms with E-state index in [1.807, 2.05) is 18.7 Å². The zero-order chi connectivity index (χ0) is 14.7. The lowest BCUT2D eigenvalue weighted by molar-refractivity contribution is -0.131. The highest BCUT2D eigenvalue weighted by molar-refractivity contribution is 9.10. The van der Waals surface area contributed by atoms with Crippen LogP contribution in [0.1, 0.15) is 59.3 Å². The van der Waals surface area contributed by atoms with Gasteiger partial charge >= 0.3 is 0 Å². The molecule has 0 aliphatic carbocycles. The number of amides is 1. The number of alkyl halides is 1. The number of carbonyl (C=O) groups excluding carboxylic acids is 1. The Bertz CT molecular complexity index is 234. The van der Waals surface area contributed by atoms with Crippen LogP contribution in [0.2, 0.25) is 0 Å². The fraction of sp³-hybridized carbons (Fsp3) is 0.933. The quantitative estimate of drug-likeness (QED) is 0.463. The molecule has 0 radical (unpaired) electrons. The summed E-state index contributed by atoms with van der Waals surface area (Å²) in [6, 6.07) is 0. The number of carbonyl (C=O) groups is 1. The van der Waals surface area contributed by atoms with Crippen LogP contribution in [0.15, 0.2) is 0 Å². The lowest BCUT2D eigenvalue weighted by atomic mass is 10.1. The molecule has 0 spiro atoms. The van der Waals surface area contributed by atoms with Crippen molar-refractivity contribution in [3.8, 4) is 0 Å². The Morgan fingerprint density at radius 3 is 2.21 bits per heavy atom. The first-order chi connectivity index (χ1) is 9.04. The molecule has 0 aliphatic rings. The molecule has 1 atom stereocenters. The molecular formula is C15H30BrNO2. The lowest BCUT2D eigenvalue weighted by Gasteiger charge is -2.26. The summed E-state index contributed by atoms with van der Waals surface area (Å²) in [6.07, 6.45) is 6.68. The molecule has 0 aromatic heterocycles. The van der Waals surface area contributed by atoms with E-state index >= 15 is 0 Å². The minimum absolute atomic E-state index is 0.109. The van der Waals surface area contributed by atoms with Gasteiger partial charge in [0, 0.05) is 19.7 Å². The first kappa shape index (κ1) is 18.9. The van der Waals surface area contributed by atoms with E-state index in [-0.39, 0.29) is 17.3 Å². The summed E-state index contributed by atoms with van der Waals surface area (Å²) >= 11 is 3.48. The van der Waals surface area contributed by atoms with Gasteiger partial charge in [0.25, 0.3) is 0 Å². The summed E-state index contributed by atoms with van der Waals surface area (Å²) in [5.74, 6) is 0.461. The molecule has 0 aliphatic heterocycles. The summed E-state index contributed by atoms with van der Waals surface area (Å²) in [7, 11) is 0. The third-order valence-electron chi connectivity index (χ3n) is 3.25. The Kier molecular flexibility index (Phi) is 11.7. The Hall–Kier alpha value is -0.0900. The second-order valence-corrected chi connectivity index (χ2v) is 6.45. The molecule has 0 saturated heterocycles. The van der Waals surface area contributed by atoms with E-state index in [9.17, 15) is 4.79 Å². The van der Waals surface area contributed by atoms with Crippen molar-refractivity contribution in [2.75, 3.05) is 19.7 Å². The first-order valence-electron chi connectivity index (χ1n) is 7.58. The van der Waals surface area contributed by atoms with Gasteiger partial charge in [-0.25, -0.2) is 0 Å². The van der Waals surface area contributed by atoms with Crippen LogP contribution in [0, 0.1) is 5.92 Å². The number of hydrogen-bond acceptors (Lipinski definition) is 2. The highest BCUT2D eigenvalue weighted by Crippen LogP contribution is 2.16. The van der Waals surface area contributed by atoms with Gasteiger partial charge in [-0.05, 0) is 18.8 Å². The minimum atomic E-state index is -0.109. The van der Waals surface area contributed by atoms with Crippen molar-refractivity contribution in [3.63, 3.8) is 0 Å². The molecule has 3 nitrogen and oxygen atoms in total. The molecule has 19 heavy (non-hydrogen) atoms. The largest absolute Gasteiger partial charge is 0.396 e. The van der Waals surface area contributed by atoms with Crippen molar-refractivity contribution in [3.05, 3.63) is 0 Å². The van der Waals surface area contributed by atoms with Gasteiger partial charge in [-0.15, -0.1) is 0 Å². The Morgan fingerprint density at radius 2 is 1.68 bits per heavy atom. The van der Waals surface area contributed by atoms with Crippen molar-refractivity contribution in [2.24, 2.45) is 5.92 Å². The highest BCUT2D eigenvalue weighted by atomic mass is 79.9. The van der Waals surface area contributed by atoms with Crippen LogP contribution in [0.3, 0.4) is 0 Å². The van der Waals surface area contributed by atoms with Crippen LogP contribution < -0.4 is 0 Å². The maximum absolute atomic E-state index is 12.3. The van der Waals surface area contributed by atoms with E-state index in [4.69, 9.17) is 5.11 Å². The maximum Gasteiger partial charge on any atom is 0.236 e. The van der Waals surface area contributed by atoms with Crippen molar-refractivity contribution < 1.29 is 9.90 Å². The Morgan fingerprint density at radius 1 is 1.11 bits per heavy atom. The number of unbranched alkanes of at least 4 members (excludes halogenated alkanes) is 4. The van der Waals surface area contributed by atoms with E-state index in [1.165, 1.54) is 25.7 Å². The van der Waals surface area contributed by atoms with Gasteiger partial charge in [0.2, 0.25) is 5.91 Å². The van der Waals surface area contributed by atoms with Crippen molar-refractivity contribution in [2.45, 2.75) is 64.1 Å². The molecule has 0 bridgehead atoms. The van der Waals surface area contributed by atoms with Gasteiger partial charge in [0.05, 0.1) is 4.83 Å². The van der Waals surface area contributed by atoms with Gasteiger partial charge < -0.3 is 10.0 Å². The highest BCUT2D eigenvalue weighted by Gasteiger charge is 2.23. The van der Waals surface area contributed by atoms with E-state index in [0.29, 0.717) is 18.9 Å². The number of nitrogens with zero attached hydrogens (tertiary/aromatic N) is 1. The van der Waals surface area contributed by atoms with Gasteiger partial charge in [-0.2, -0.15) is 0 Å². The second kappa shape index (κ2) is 11.7. The average Bonchev–Trinajstić information content (AvgIpc) is 2.40. The smallest absolute Gasteiger partial charge is 0.236 e. The zero-order valence-corrected chi connectivity index (χ0v) is 14.3. The van der Waals surface area contributed by atoms with E-state index < -0.39 is 0 Å². The topological polar surface area (TPSA) is 40.5 Å². The predicted octanol–water partition coefficient (Wildman–Crippen LogP) is 3.59. The van der Waals surface area contributed by atoms with Gasteiger partial charge in [-0.3, -0.25) is 4.79 Å². The molecule has 0 heterocycles. The fourth-order valence-corrected chi connectivity index (χ4v) is 2.25. The van der Waals surface area contributed by atoms with Crippen LogP contribution >= 0.6 is 15.9 Å². The fourth-order valence-electron chi connectivity index (χ4n) is 1.96. The molecule has 1 unspecified atom stereocenters. The van der Waals surface area contributed by atoms with Gasteiger partial charge in [0.1, 0.15) is 0 Å². The SMILES string of the molecule is CCCCCCCN(CCCO)C(=O)C(Br)C(C)C. The molecule has 4 heteroatoms. The molecule has 1 N–H and O–H groups in total. The molecule has 1 amide bonds. The van der Waals surface area contributed by atoms with Gasteiger partial charge in [0.15, 0.2) is 0 Å². The van der Waals surface area contributed by atoms with Crippen molar-refractivity contribution in [1.29, 1.82) is 0 Å². The van der Waals surface area contributed by atoms with Crippen molar-refractivity contribution >= 4 is 21.8 Å². The minimum Gasteiger partial charge on any atom is -0.396 e. The van der Waals surface area contributed by atoms with E-state index in [0.717, 1.165) is 13.0 Å². The van der Waals surface area contributed by atoms with E-state index in [2.05, 4.69) is 22.9 Å². The monoisotopic (exact) mass is 335 g/mol. The van der Waals surface area contributed by atoms with Crippen LogP contribution in [-0.4, -0.2) is 40.4 Å². The molecule has 0 aromatic carbocycles. The number of aliphatic hydroxyl groups excluding tert-OH is 1. The zero-order valence-electron chi connectivity index (χ0n) is 12.7. The standard InChI is InChI=1S/C15H30BrNO2/c1-4-5-6-7-8-10-17(11-9-12-18)15(19)14(16)13(2)3/h13-14,18H,4-12H2,1-3H3. The number of halogens is 1.